The molecule has 0 saturated heterocycles. The highest BCUT2D eigenvalue weighted by Gasteiger charge is 2.22. The predicted molar refractivity (Wildman–Crippen MR) is 195 cm³/mol. The average molecular weight is 611 g/mol. The highest BCUT2D eigenvalue weighted by Crippen LogP contribution is 2.41. The maximum atomic E-state index is 10.9. The van der Waals surface area contributed by atoms with Gasteiger partial charge in [-0.05, 0) is 54.1 Å². The third kappa shape index (κ3) is 4.01. The van der Waals surface area contributed by atoms with E-state index in [9.17, 15) is 10.5 Å². The van der Waals surface area contributed by atoms with Crippen molar-refractivity contribution in [3.63, 3.8) is 0 Å². The summed E-state index contributed by atoms with van der Waals surface area (Å²) >= 11 is 0. The molecule has 0 radical (unpaired) electrons. The van der Waals surface area contributed by atoms with Crippen LogP contribution in [0.2, 0.25) is 0 Å². The lowest BCUT2D eigenvalue weighted by molar-refractivity contribution is 1.18. The van der Waals surface area contributed by atoms with Gasteiger partial charge in [-0.3, -0.25) is 0 Å². The fourth-order valence-corrected chi connectivity index (χ4v) is 7.41. The molecule has 0 fully saturated rings. The minimum absolute atomic E-state index is 0.460. The van der Waals surface area contributed by atoms with Crippen LogP contribution in [0, 0.1) is 22.7 Å². The molecule has 0 aliphatic rings. The Kier molecular flexibility index (Phi) is 6.22. The fourth-order valence-electron chi connectivity index (χ4n) is 7.41. The molecule has 9 aromatic rings. The highest BCUT2D eigenvalue weighted by molar-refractivity contribution is 6.10. The Morgan fingerprint density at radius 2 is 0.938 bits per heavy atom. The molecule has 4 nitrogen and oxygen atoms in total. The third-order valence-electron chi connectivity index (χ3n) is 9.43. The third-order valence-corrected chi connectivity index (χ3v) is 9.43. The van der Waals surface area contributed by atoms with E-state index in [-0.39, 0.29) is 0 Å². The summed E-state index contributed by atoms with van der Waals surface area (Å²) in [4.78, 5) is 0. The van der Waals surface area contributed by atoms with Crippen molar-refractivity contribution in [2.75, 3.05) is 0 Å². The summed E-state index contributed by atoms with van der Waals surface area (Å²) in [5.41, 5.74) is 10.4. The van der Waals surface area contributed by atoms with Gasteiger partial charge >= 0.3 is 0 Å². The molecule has 0 N–H and O–H groups in total. The van der Waals surface area contributed by atoms with E-state index < -0.39 is 0 Å². The lowest BCUT2D eigenvalue weighted by Gasteiger charge is -2.18. The zero-order chi connectivity index (χ0) is 32.2. The van der Waals surface area contributed by atoms with Crippen molar-refractivity contribution in [2.24, 2.45) is 0 Å². The highest BCUT2D eigenvalue weighted by atomic mass is 15.0. The van der Waals surface area contributed by atoms with Crippen LogP contribution in [0.15, 0.2) is 158 Å². The van der Waals surface area contributed by atoms with Crippen LogP contribution < -0.4 is 0 Å². The monoisotopic (exact) mass is 610 g/mol. The number of aromatic nitrogens is 2. The number of hydrogen-bond donors (Lipinski definition) is 0. The molecule has 0 atom stereocenters. The Balaban J connectivity index is 1.29. The molecule has 7 aromatic carbocycles. The molecule has 0 amide bonds. The first-order valence-electron chi connectivity index (χ1n) is 15.9. The van der Waals surface area contributed by atoms with Crippen LogP contribution in [0.4, 0.5) is 0 Å². The zero-order valence-corrected chi connectivity index (χ0v) is 25.8. The summed E-state index contributed by atoms with van der Waals surface area (Å²) in [5.74, 6) is 0. The van der Waals surface area contributed by atoms with Gasteiger partial charge in [-0.1, -0.05) is 109 Å². The van der Waals surface area contributed by atoms with E-state index in [0.29, 0.717) is 16.7 Å². The molecule has 4 heteroatoms. The van der Waals surface area contributed by atoms with Crippen molar-refractivity contribution in [1.82, 2.24) is 9.13 Å². The van der Waals surface area contributed by atoms with Gasteiger partial charge in [0.15, 0.2) is 0 Å². The minimum Gasteiger partial charge on any atom is -0.309 e. The van der Waals surface area contributed by atoms with E-state index >= 15 is 0 Å². The van der Waals surface area contributed by atoms with Crippen LogP contribution in [0.3, 0.4) is 0 Å². The Morgan fingerprint density at radius 1 is 0.417 bits per heavy atom. The summed E-state index contributed by atoms with van der Waals surface area (Å²) in [6.45, 7) is 0. The molecular weight excluding hydrogens is 585 g/mol. The van der Waals surface area contributed by atoms with Gasteiger partial charge in [-0.25, -0.2) is 0 Å². The Hall–Kier alpha value is -6.88. The van der Waals surface area contributed by atoms with Gasteiger partial charge in [0.25, 0.3) is 0 Å². The average Bonchev–Trinajstić information content (AvgIpc) is 3.67. The second-order valence-corrected chi connectivity index (χ2v) is 11.9. The number of hydrogen-bond acceptors (Lipinski definition) is 2. The number of benzene rings is 7. The van der Waals surface area contributed by atoms with Crippen molar-refractivity contribution >= 4 is 43.6 Å². The molecule has 9 rings (SSSR count). The van der Waals surface area contributed by atoms with Gasteiger partial charge in [-0.15, -0.1) is 0 Å². The number of nitrogens with zero attached hydrogens (tertiary/aromatic N) is 4. The number of fused-ring (bicyclic) bond motifs is 6. The molecule has 0 bridgehead atoms. The van der Waals surface area contributed by atoms with Crippen molar-refractivity contribution in [2.45, 2.75) is 0 Å². The standard InChI is InChI=1S/C44H26N4/c45-27-30-24-25-32(29-12-11-13-31(26-29)47-39-19-6-1-14-33(39)34-15-2-7-20-40(34)47)38(28-46)44(30)37-18-5-10-23-43(37)48-41-21-8-3-16-35(41)36-17-4-9-22-42(36)48/h1-26H. The lowest BCUT2D eigenvalue weighted by Crippen LogP contribution is -2.01. The molecule has 2 aromatic heterocycles. The first kappa shape index (κ1) is 27.4. The van der Waals surface area contributed by atoms with Gasteiger partial charge in [-0.2, -0.15) is 10.5 Å². The number of rotatable bonds is 4. The largest absolute Gasteiger partial charge is 0.309 e. The molecule has 0 spiro atoms. The molecule has 0 aliphatic heterocycles. The molecule has 222 valence electrons. The summed E-state index contributed by atoms with van der Waals surface area (Å²) in [6.07, 6.45) is 0. The molecular formula is C44H26N4. The molecule has 48 heavy (non-hydrogen) atoms. The lowest BCUT2D eigenvalue weighted by atomic mass is 9.88. The van der Waals surface area contributed by atoms with E-state index in [1.165, 1.54) is 10.8 Å². The van der Waals surface area contributed by atoms with Crippen molar-refractivity contribution in [3.05, 3.63) is 169 Å². The van der Waals surface area contributed by atoms with E-state index in [2.05, 4.69) is 124 Å². The summed E-state index contributed by atoms with van der Waals surface area (Å²) < 4.78 is 4.53. The first-order chi connectivity index (χ1) is 23.8. The molecule has 2 heterocycles. The topological polar surface area (TPSA) is 57.4 Å². The summed E-state index contributed by atoms with van der Waals surface area (Å²) in [7, 11) is 0. The van der Waals surface area contributed by atoms with Gasteiger partial charge in [0.05, 0.1) is 45.0 Å². The number of para-hydroxylation sites is 5. The van der Waals surface area contributed by atoms with Crippen LogP contribution in [0.25, 0.3) is 77.2 Å². The zero-order valence-electron chi connectivity index (χ0n) is 25.8. The van der Waals surface area contributed by atoms with Crippen molar-refractivity contribution in [3.8, 4) is 45.8 Å². The van der Waals surface area contributed by atoms with E-state index in [0.717, 1.165) is 60.9 Å². The van der Waals surface area contributed by atoms with Crippen LogP contribution in [-0.4, -0.2) is 9.13 Å². The number of nitriles is 2. The Morgan fingerprint density at radius 3 is 1.50 bits per heavy atom. The van der Waals surface area contributed by atoms with Gasteiger partial charge in [0.1, 0.15) is 6.07 Å². The molecule has 0 aliphatic carbocycles. The maximum Gasteiger partial charge on any atom is 0.100 e. The van der Waals surface area contributed by atoms with E-state index in [4.69, 9.17) is 0 Å². The summed E-state index contributed by atoms with van der Waals surface area (Å²) in [5, 5.41) is 26.0. The van der Waals surface area contributed by atoms with Crippen molar-refractivity contribution in [1.29, 1.82) is 10.5 Å². The Labute approximate surface area is 277 Å². The first-order valence-corrected chi connectivity index (χ1v) is 15.9. The SMILES string of the molecule is N#Cc1ccc(-c2cccc(-n3c4ccccc4c4ccccc43)c2)c(C#N)c1-c1ccccc1-n1c2ccccc2c2ccccc21. The van der Waals surface area contributed by atoms with Crippen LogP contribution in [0.5, 0.6) is 0 Å². The van der Waals surface area contributed by atoms with Gasteiger partial charge in [0, 0.05) is 43.9 Å². The maximum absolute atomic E-state index is 10.9. The second kappa shape index (κ2) is 10.9. The normalized spacial score (nSPS) is 11.3. The van der Waals surface area contributed by atoms with E-state index in [1.54, 1.807) is 0 Å². The van der Waals surface area contributed by atoms with Crippen LogP contribution in [-0.2, 0) is 0 Å². The van der Waals surface area contributed by atoms with Crippen LogP contribution >= 0.6 is 0 Å². The quantitative estimate of drug-likeness (QED) is 0.199. The second-order valence-electron chi connectivity index (χ2n) is 11.9. The van der Waals surface area contributed by atoms with E-state index in [1.807, 2.05) is 54.6 Å². The minimum atomic E-state index is 0.460. The fraction of sp³-hybridized carbons (Fsp3) is 0. The summed E-state index contributed by atoms with van der Waals surface area (Å²) in [6, 6.07) is 58.8. The molecule has 0 unspecified atom stereocenters. The Bertz CT molecular complexity index is 2710. The predicted octanol–water partition coefficient (Wildman–Crippen LogP) is 11.0. The molecule has 0 saturated carbocycles. The van der Waals surface area contributed by atoms with Crippen molar-refractivity contribution < 1.29 is 0 Å². The smallest absolute Gasteiger partial charge is 0.100 e. The van der Waals surface area contributed by atoms with Gasteiger partial charge < -0.3 is 9.13 Å². The van der Waals surface area contributed by atoms with Crippen LogP contribution in [0.1, 0.15) is 11.1 Å². The van der Waals surface area contributed by atoms with Gasteiger partial charge in [0.2, 0.25) is 0 Å².